The molecule has 4 rings (SSSR count). The molecule has 0 bridgehead atoms. The van der Waals surface area contributed by atoms with Crippen LogP contribution in [0.5, 0.6) is 0 Å². The number of benzene rings is 1. The smallest absolute Gasteiger partial charge is 0.347 e. The quantitative estimate of drug-likeness (QED) is 0.358. The molecule has 3 aromatic rings. The predicted molar refractivity (Wildman–Crippen MR) is 112 cm³/mol. The summed E-state index contributed by atoms with van der Waals surface area (Å²) in [6.45, 7) is 2.36. The van der Waals surface area contributed by atoms with Gasteiger partial charge in [-0.1, -0.05) is 30.3 Å². The number of ether oxygens (including phenoxy) is 2. The summed E-state index contributed by atoms with van der Waals surface area (Å²) in [5.74, 6) is -1.02. The molecule has 3 heterocycles. The number of carbonyl (C=O) groups is 2. The van der Waals surface area contributed by atoms with Gasteiger partial charge < -0.3 is 19.8 Å². The second kappa shape index (κ2) is 8.65. The maximum absolute atomic E-state index is 12.9. The van der Waals surface area contributed by atoms with E-state index >= 15 is 0 Å². The summed E-state index contributed by atoms with van der Waals surface area (Å²) in [5, 5.41) is 3.92. The van der Waals surface area contributed by atoms with Crippen LogP contribution in [-0.2, 0) is 25.5 Å². The van der Waals surface area contributed by atoms with Crippen LogP contribution in [0.25, 0.3) is 17.1 Å². The molecular formula is C23H21N3O4. The number of rotatable bonds is 7. The highest BCUT2D eigenvalue weighted by Gasteiger charge is 2.36. The van der Waals surface area contributed by atoms with E-state index in [9.17, 15) is 9.59 Å². The first-order chi connectivity index (χ1) is 14.7. The van der Waals surface area contributed by atoms with Gasteiger partial charge in [-0.15, -0.1) is 0 Å². The molecule has 7 heteroatoms. The van der Waals surface area contributed by atoms with E-state index in [1.165, 1.54) is 0 Å². The van der Waals surface area contributed by atoms with Gasteiger partial charge in [0.1, 0.15) is 5.65 Å². The van der Waals surface area contributed by atoms with Crippen molar-refractivity contribution in [3.05, 3.63) is 83.2 Å². The van der Waals surface area contributed by atoms with Crippen molar-refractivity contribution < 1.29 is 19.1 Å². The van der Waals surface area contributed by atoms with Crippen molar-refractivity contribution in [3.8, 4) is 0 Å². The molecule has 0 saturated heterocycles. The topological polar surface area (TPSA) is 93.3 Å². The molecule has 0 atom stereocenters. The Labute approximate surface area is 173 Å². The maximum atomic E-state index is 12.9. The van der Waals surface area contributed by atoms with Gasteiger partial charge in [-0.2, -0.15) is 0 Å². The molecular weight excluding hydrogens is 382 g/mol. The molecule has 7 nitrogen and oxygen atoms in total. The molecule has 152 valence electrons. The van der Waals surface area contributed by atoms with Gasteiger partial charge in [0.2, 0.25) is 11.7 Å². The summed E-state index contributed by atoms with van der Waals surface area (Å²) < 4.78 is 10.8. The Bertz CT molecular complexity index is 1150. The van der Waals surface area contributed by atoms with E-state index < -0.39 is 11.8 Å². The number of nitrogens with one attached hydrogen (secondary N) is 2. The van der Waals surface area contributed by atoms with E-state index in [-0.39, 0.29) is 23.8 Å². The van der Waals surface area contributed by atoms with Crippen molar-refractivity contribution >= 4 is 28.9 Å². The van der Waals surface area contributed by atoms with Crippen molar-refractivity contribution in [1.29, 1.82) is 0 Å². The Morgan fingerprint density at radius 3 is 2.87 bits per heavy atom. The van der Waals surface area contributed by atoms with Gasteiger partial charge in [-0.05, 0) is 37.1 Å². The Balaban J connectivity index is 1.57. The fourth-order valence-corrected chi connectivity index (χ4v) is 3.24. The normalized spacial score (nSPS) is 15.0. The van der Waals surface area contributed by atoms with Crippen LogP contribution in [0.3, 0.4) is 0 Å². The minimum Gasteiger partial charge on any atom is -0.462 e. The number of fused-ring (bicyclic) bond motifs is 1. The van der Waals surface area contributed by atoms with Crippen LogP contribution in [-0.4, -0.2) is 34.9 Å². The third-order valence-corrected chi connectivity index (χ3v) is 4.68. The lowest BCUT2D eigenvalue weighted by Gasteiger charge is -2.08. The SMILES string of the molecule is CCOC(=O)C1=C(NCCc2ccccc2)O/C(=C\c2c[nH]c3ncccc23)C1=O. The summed E-state index contributed by atoms with van der Waals surface area (Å²) in [6.07, 6.45) is 5.74. The Kier molecular flexibility index (Phi) is 5.61. The fourth-order valence-electron chi connectivity index (χ4n) is 3.24. The molecule has 0 unspecified atom stereocenters. The first kappa shape index (κ1) is 19.4. The van der Waals surface area contributed by atoms with Crippen LogP contribution in [0.15, 0.2) is 72.1 Å². The number of nitrogens with zero attached hydrogens (tertiary/aromatic N) is 1. The monoisotopic (exact) mass is 403 g/mol. The molecule has 0 aliphatic carbocycles. The number of hydrogen-bond donors (Lipinski definition) is 2. The minimum atomic E-state index is -0.700. The van der Waals surface area contributed by atoms with Crippen LogP contribution in [0.1, 0.15) is 18.1 Å². The highest BCUT2D eigenvalue weighted by molar-refractivity contribution is 6.26. The average molecular weight is 403 g/mol. The molecule has 0 spiro atoms. The van der Waals surface area contributed by atoms with E-state index in [2.05, 4.69) is 15.3 Å². The minimum absolute atomic E-state index is 0.0602. The molecule has 30 heavy (non-hydrogen) atoms. The van der Waals surface area contributed by atoms with Crippen molar-refractivity contribution in [3.63, 3.8) is 0 Å². The molecule has 0 amide bonds. The van der Waals surface area contributed by atoms with Crippen LogP contribution in [0, 0.1) is 0 Å². The summed E-state index contributed by atoms with van der Waals surface area (Å²) in [4.78, 5) is 32.6. The first-order valence-corrected chi connectivity index (χ1v) is 9.73. The van der Waals surface area contributed by atoms with E-state index in [4.69, 9.17) is 9.47 Å². The third-order valence-electron chi connectivity index (χ3n) is 4.68. The zero-order chi connectivity index (χ0) is 20.9. The Morgan fingerprint density at radius 2 is 2.07 bits per heavy atom. The highest BCUT2D eigenvalue weighted by Crippen LogP contribution is 2.28. The van der Waals surface area contributed by atoms with E-state index in [0.717, 1.165) is 16.5 Å². The highest BCUT2D eigenvalue weighted by atomic mass is 16.5. The molecule has 0 saturated carbocycles. The van der Waals surface area contributed by atoms with Gasteiger partial charge in [-0.3, -0.25) is 4.79 Å². The molecule has 1 aromatic carbocycles. The van der Waals surface area contributed by atoms with Crippen molar-refractivity contribution in [1.82, 2.24) is 15.3 Å². The first-order valence-electron chi connectivity index (χ1n) is 9.73. The number of carbonyl (C=O) groups excluding carboxylic acids is 2. The summed E-state index contributed by atoms with van der Waals surface area (Å²) in [5.41, 5.74) is 2.47. The summed E-state index contributed by atoms with van der Waals surface area (Å²) in [7, 11) is 0. The molecule has 2 aromatic heterocycles. The lowest BCUT2D eigenvalue weighted by molar-refractivity contribution is -0.139. The second-order valence-electron chi connectivity index (χ2n) is 6.67. The van der Waals surface area contributed by atoms with Crippen LogP contribution in [0.2, 0.25) is 0 Å². The number of ketones is 1. The van der Waals surface area contributed by atoms with Gasteiger partial charge in [-0.25, -0.2) is 9.78 Å². The van der Waals surface area contributed by atoms with Crippen molar-refractivity contribution in [2.45, 2.75) is 13.3 Å². The van der Waals surface area contributed by atoms with Crippen LogP contribution in [0.4, 0.5) is 0 Å². The predicted octanol–water partition coefficient (Wildman–Crippen LogP) is 3.11. The maximum Gasteiger partial charge on any atom is 0.347 e. The molecule has 2 N–H and O–H groups in total. The average Bonchev–Trinajstić information content (AvgIpc) is 3.30. The molecule has 0 fully saturated rings. The molecule has 0 radical (unpaired) electrons. The van der Waals surface area contributed by atoms with E-state index in [1.807, 2.05) is 42.5 Å². The van der Waals surface area contributed by atoms with Crippen molar-refractivity contribution in [2.75, 3.05) is 13.2 Å². The number of allylic oxidation sites excluding steroid dienone is 1. The third kappa shape index (κ3) is 3.96. The number of hydrogen-bond acceptors (Lipinski definition) is 6. The number of aromatic amines is 1. The van der Waals surface area contributed by atoms with Gasteiger partial charge in [0.15, 0.2) is 11.3 Å². The van der Waals surface area contributed by atoms with Gasteiger partial charge in [0.25, 0.3) is 0 Å². The zero-order valence-corrected chi connectivity index (χ0v) is 16.5. The van der Waals surface area contributed by atoms with Gasteiger partial charge in [0.05, 0.1) is 6.61 Å². The number of H-pyrrole nitrogens is 1. The van der Waals surface area contributed by atoms with Crippen LogP contribution >= 0.6 is 0 Å². The standard InChI is InChI=1S/C23H21N3O4/c1-2-29-23(28)19-20(27)18(13-16-14-26-21-17(16)9-6-11-24-21)30-22(19)25-12-10-15-7-4-3-5-8-15/h3-9,11,13-14,25H,2,10,12H2,1H3,(H,24,26)/b18-13-. The fraction of sp³-hybridized carbons (Fsp3) is 0.174. The second-order valence-corrected chi connectivity index (χ2v) is 6.67. The number of esters is 1. The lowest BCUT2D eigenvalue weighted by Crippen LogP contribution is -2.21. The largest absolute Gasteiger partial charge is 0.462 e. The number of Topliss-reactive ketones (excluding diaryl/α,β-unsaturated/α-hetero) is 1. The number of aromatic nitrogens is 2. The Hall–Kier alpha value is -3.87. The Morgan fingerprint density at radius 1 is 1.23 bits per heavy atom. The summed E-state index contributed by atoms with van der Waals surface area (Å²) in [6, 6.07) is 13.6. The number of pyridine rings is 1. The zero-order valence-electron chi connectivity index (χ0n) is 16.5. The van der Waals surface area contributed by atoms with Gasteiger partial charge in [0, 0.05) is 29.9 Å². The lowest BCUT2D eigenvalue weighted by atomic mass is 10.1. The van der Waals surface area contributed by atoms with Crippen molar-refractivity contribution in [2.24, 2.45) is 0 Å². The molecule has 1 aliphatic rings. The summed E-state index contributed by atoms with van der Waals surface area (Å²) >= 11 is 0. The van der Waals surface area contributed by atoms with E-state index in [1.54, 1.807) is 25.4 Å². The van der Waals surface area contributed by atoms with Crippen LogP contribution < -0.4 is 5.32 Å². The van der Waals surface area contributed by atoms with E-state index in [0.29, 0.717) is 18.6 Å². The van der Waals surface area contributed by atoms with Gasteiger partial charge >= 0.3 is 5.97 Å². The molecule has 1 aliphatic heterocycles.